The van der Waals surface area contributed by atoms with E-state index >= 15 is 0 Å². The van der Waals surface area contributed by atoms with E-state index in [1.807, 2.05) is 6.92 Å². The van der Waals surface area contributed by atoms with Crippen LogP contribution in [-0.2, 0) is 9.53 Å². The molecule has 2 rings (SSSR count). The van der Waals surface area contributed by atoms with E-state index in [1.165, 1.54) is 0 Å². The molecule has 1 saturated carbocycles. The van der Waals surface area contributed by atoms with Gasteiger partial charge < -0.3 is 20.1 Å². The number of hydrogen-bond donors (Lipinski definition) is 3. The Balaban J connectivity index is 2.07. The van der Waals surface area contributed by atoms with Crippen LogP contribution in [0.5, 0.6) is 0 Å². The van der Waals surface area contributed by atoms with Gasteiger partial charge in [-0.3, -0.25) is 0 Å². The summed E-state index contributed by atoms with van der Waals surface area (Å²) >= 11 is 0. The number of aliphatic carboxylic acids is 1. The van der Waals surface area contributed by atoms with Crippen molar-refractivity contribution in [1.82, 2.24) is 0 Å². The smallest absolute Gasteiger partial charge is 0.374 e. The van der Waals surface area contributed by atoms with Gasteiger partial charge >= 0.3 is 17.8 Å². The Labute approximate surface area is 166 Å². The molecule has 0 aromatic rings. The summed E-state index contributed by atoms with van der Waals surface area (Å²) in [5.41, 5.74) is 0. The second kappa shape index (κ2) is 9.35. The number of aliphatic hydroxyl groups is 2. The molecule has 1 unspecified atom stereocenters. The highest BCUT2D eigenvalue weighted by Crippen LogP contribution is 2.53. The van der Waals surface area contributed by atoms with Crippen LogP contribution in [0, 0.1) is 23.7 Å². The lowest BCUT2D eigenvalue weighted by molar-refractivity contribution is -0.165. The molecule has 0 radical (unpaired) electrons. The van der Waals surface area contributed by atoms with E-state index in [4.69, 9.17) is 9.84 Å². The van der Waals surface area contributed by atoms with Crippen LogP contribution in [0.1, 0.15) is 51.9 Å². The Bertz CT molecular complexity index is 682. The monoisotopic (exact) mass is 422 g/mol. The number of rotatable bonds is 8. The molecule has 29 heavy (non-hydrogen) atoms. The minimum absolute atomic E-state index is 0.0891. The highest BCUT2D eigenvalue weighted by Gasteiger charge is 2.64. The number of unbranched alkanes of at least 4 members (excludes halogenated alkanes) is 2. The average molecular weight is 422 g/mol. The summed E-state index contributed by atoms with van der Waals surface area (Å²) in [5.74, 6) is -8.15. The van der Waals surface area contributed by atoms with Gasteiger partial charge in [-0.1, -0.05) is 31.6 Å². The molecule has 1 aliphatic heterocycles. The topological polar surface area (TPSA) is 87.0 Å². The summed E-state index contributed by atoms with van der Waals surface area (Å²) in [6.45, 7) is 2.00. The highest BCUT2D eigenvalue weighted by atomic mass is 19.3. The molecule has 0 aromatic carbocycles. The van der Waals surface area contributed by atoms with Crippen LogP contribution in [0.2, 0.25) is 0 Å². The summed E-state index contributed by atoms with van der Waals surface area (Å²) < 4.78 is 61.0. The van der Waals surface area contributed by atoms with E-state index in [1.54, 1.807) is 0 Å². The van der Waals surface area contributed by atoms with E-state index in [0.717, 1.165) is 25.3 Å². The van der Waals surface area contributed by atoms with E-state index in [9.17, 15) is 32.6 Å². The van der Waals surface area contributed by atoms with Crippen molar-refractivity contribution in [3.05, 3.63) is 11.8 Å². The number of carboxylic acid groups (broad SMARTS) is 1. The molecule has 9 heteroatoms. The van der Waals surface area contributed by atoms with Crippen molar-refractivity contribution in [1.29, 1.82) is 0 Å². The van der Waals surface area contributed by atoms with Crippen molar-refractivity contribution in [2.45, 2.75) is 82.0 Å². The first kappa shape index (κ1) is 23.5. The number of fused-ring (bicyclic) bond motifs is 1. The summed E-state index contributed by atoms with van der Waals surface area (Å²) in [6.07, 6.45) is -1.15. The molecule has 1 heterocycles. The molecule has 0 aromatic heterocycles. The van der Waals surface area contributed by atoms with Gasteiger partial charge in [0.1, 0.15) is 12.2 Å². The van der Waals surface area contributed by atoms with E-state index < -0.39 is 66.6 Å². The lowest BCUT2D eigenvalue weighted by Gasteiger charge is -2.21. The third-order valence-electron chi connectivity index (χ3n) is 5.30. The largest absolute Gasteiger partial charge is 0.488 e. The molecule has 5 atom stereocenters. The zero-order valence-corrected chi connectivity index (χ0v) is 16.1. The van der Waals surface area contributed by atoms with Crippen LogP contribution in [0.4, 0.5) is 17.6 Å². The molecule has 164 valence electrons. The number of carboxylic acids is 1. The number of allylic oxidation sites excluding steroid dienone is 2. The maximum absolute atomic E-state index is 14.8. The maximum Gasteiger partial charge on any atom is 0.374 e. The first-order valence-electron chi connectivity index (χ1n) is 9.74. The Morgan fingerprint density at radius 3 is 2.72 bits per heavy atom. The van der Waals surface area contributed by atoms with Gasteiger partial charge in [-0.2, -0.15) is 17.6 Å². The predicted octanol–water partition coefficient (Wildman–Crippen LogP) is 3.35. The fourth-order valence-electron chi connectivity index (χ4n) is 3.70. The number of alkyl halides is 4. The van der Waals surface area contributed by atoms with Gasteiger partial charge in [0.05, 0.1) is 17.9 Å². The van der Waals surface area contributed by atoms with Gasteiger partial charge in [0.2, 0.25) is 0 Å². The van der Waals surface area contributed by atoms with Crippen molar-refractivity contribution in [2.24, 2.45) is 11.8 Å². The molecule has 3 N–H and O–H groups in total. The molecule has 0 bridgehead atoms. The number of aliphatic hydroxyl groups excluding tert-OH is 2. The third-order valence-corrected chi connectivity index (χ3v) is 5.30. The Morgan fingerprint density at radius 2 is 2.10 bits per heavy atom. The van der Waals surface area contributed by atoms with Crippen LogP contribution in [-0.4, -0.2) is 51.4 Å². The second-order valence-corrected chi connectivity index (χ2v) is 7.55. The van der Waals surface area contributed by atoms with Crippen LogP contribution in [0.25, 0.3) is 0 Å². The molecule has 1 saturated heterocycles. The van der Waals surface area contributed by atoms with Gasteiger partial charge in [-0.15, -0.1) is 0 Å². The number of hydrogen-bond acceptors (Lipinski definition) is 4. The molecule has 0 amide bonds. The number of halogens is 4. The first-order chi connectivity index (χ1) is 13.5. The van der Waals surface area contributed by atoms with Gasteiger partial charge in [0.25, 0.3) is 0 Å². The lowest BCUT2D eigenvalue weighted by atomic mass is 9.88. The summed E-state index contributed by atoms with van der Waals surface area (Å²) in [4.78, 5) is 10.4. The zero-order chi connectivity index (χ0) is 21.8. The summed E-state index contributed by atoms with van der Waals surface area (Å²) in [7, 11) is 0. The summed E-state index contributed by atoms with van der Waals surface area (Å²) in [6, 6.07) is 0. The molecule has 0 spiro atoms. The van der Waals surface area contributed by atoms with Crippen molar-refractivity contribution < 1.29 is 42.4 Å². The zero-order valence-electron chi connectivity index (χ0n) is 16.1. The first-order valence-corrected chi connectivity index (χ1v) is 9.74. The Morgan fingerprint density at radius 1 is 1.41 bits per heavy atom. The SMILES string of the molecule is CCCCC[C@H](O)C#C[C@H]1[C@H](O)CC2O/C(=C\CCC(F)(F)C(=O)O)C(F)(F)[C@@H]21. The molecule has 2 fully saturated rings. The van der Waals surface area contributed by atoms with E-state index in [-0.39, 0.29) is 6.42 Å². The van der Waals surface area contributed by atoms with Gasteiger partial charge in [0, 0.05) is 12.8 Å². The highest BCUT2D eigenvalue weighted by molar-refractivity contribution is 5.75. The fourth-order valence-corrected chi connectivity index (χ4v) is 3.70. The Hall–Kier alpha value is -1.79. The maximum atomic E-state index is 14.8. The molecular formula is C20H26F4O5. The number of carbonyl (C=O) groups is 1. The Kier molecular flexibility index (Phi) is 7.57. The predicted molar refractivity (Wildman–Crippen MR) is 95.2 cm³/mol. The minimum Gasteiger partial charge on any atom is -0.488 e. The van der Waals surface area contributed by atoms with E-state index in [2.05, 4.69) is 11.8 Å². The second-order valence-electron chi connectivity index (χ2n) is 7.55. The van der Waals surface area contributed by atoms with Crippen molar-refractivity contribution >= 4 is 5.97 Å². The molecule has 5 nitrogen and oxygen atoms in total. The number of ether oxygens (including phenoxy) is 1. The van der Waals surface area contributed by atoms with Crippen molar-refractivity contribution in [3.8, 4) is 11.8 Å². The van der Waals surface area contributed by atoms with Crippen LogP contribution >= 0.6 is 0 Å². The normalized spacial score (nSPS) is 30.4. The minimum atomic E-state index is -4.01. The fraction of sp³-hybridized carbons (Fsp3) is 0.750. The van der Waals surface area contributed by atoms with E-state index in [0.29, 0.717) is 6.42 Å². The quantitative estimate of drug-likeness (QED) is 0.317. The molecular weight excluding hydrogens is 396 g/mol. The standard InChI is InChI=1S/C20H26F4O5/c1-2-3-4-6-12(25)8-9-13-14(26)11-15-17(13)20(23,24)16(29-15)7-5-10-19(21,22)18(27)28/h7,12-15,17,25-26H,2-6,10-11H2,1H3,(H,27,28)/b16-7-/t12-,13-,14+,15?,17+/m0/s1. The van der Waals surface area contributed by atoms with Gasteiger partial charge in [-0.25, -0.2) is 4.79 Å². The van der Waals surface area contributed by atoms with Crippen LogP contribution < -0.4 is 0 Å². The van der Waals surface area contributed by atoms with Gasteiger partial charge in [-0.05, 0) is 25.3 Å². The van der Waals surface area contributed by atoms with Crippen molar-refractivity contribution in [3.63, 3.8) is 0 Å². The third kappa shape index (κ3) is 5.43. The summed E-state index contributed by atoms with van der Waals surface area (Å²) in [5, 5.41) is 28.4. The van der Waals surface area contributed by atoms with Gasteiger partial charge in [0.15, 0.2) is 5.76 Å². The average Bonchev–Trinajstić information content (AvgIpc) is 3.06. The molecule has 1 aliphatic carbocycles. The van der Waals surface area contributed by atoms with Crippen molar-refractivity contribution in [2.75, 3.05) is 0 Å². The molecule has 2 aliphatic rings. The van der Waals surface area contributed by atoms with Crippen LogP contribution in [0.3, 0.4) is 0 Å². The lowest BCUT2D eigenvalue weighted by Crippen LogP contribution is -2.33. The van der Waals surface area contributed by atoms with Crippen LogP contribution in [0.15, 0.2) is 11.8 Å².